The third kappa shape index (κ3) is 6.37. The Kier molecular flexibility index (Phi) is 7.99. The predicted molar refractivity (Wildman–Crippen MR) is 138 cm³/mol. The van der Waals surface area contributed by atoms with Crippen LogP contribution in [-0.4, -0.2) is 80.1 Å². The van der Waals surface area contributed by atoms with Crippen molar-refractivity contribution in [2.45, 2.75) is 43.9 Å². The van der Waals surface area contributed by atoms with E-state index in [2.05, 4.69) is 5.32 Å². The molecule has 0 bridgehead atoms. The zero-order chi connectivity index (χ0) is 26.7. The fourth-order valence-electron chi connectivity index (χ4n) is 5.48. The van der Waals surface area contributed by atoms with Gasteiger partial charge in [0.25, 0.3) is 5.91 Å². The number of benzene rings is 2. The normalized spacial score (nSPS) is 24.2. The maximum Gasteiger partial charge on any atom is 0.335 e. The van der Waals surface area contributed by atoms with E-state index in [1.54, 1.807) is 54.5 Å². The summed E-state index contributed by atoms with van der Waals surface area (Å²) in [5.74, 6) is -1.85. The first-order valence-corrected chi connectivity index (χ1v) is 14.4. The van der Waals surface area contributed by atoms with Crippen molar-refractivity contribution in [1.29, 1.82) is 0 Å². The predicted octanol–water partition coefficient (Wildman–Crippen LogP) is 2.61. The molecule has 2 aromatic rings. The van der Waals surface area contributed by atoms with Gasteiger partial charge in [0, 0.05) is 31.5 Å². The molecule has 0 radical (unpaired) electrons. The molecule has 0 unspecified atom stereocenters. The van der Waals surface area contributed by atoms with Crippen LogP contribution in [0.1, 0.15) is 46.4 Å². The average molecular weight is 529 g/mol. The smallest absolute Gasteiger partial charge is 0.335 e. The monoisotopic (exact) mass is 528 g/mol. The molecule has 2 fully saturated rings. The molecule has 198 valence electrons. The van der Waals surface area contributed by atoms with E-state index in [0.29, 0.717) is 42.5 Å². The Morgan fingerprint density at radius 1 is 1.05 bits per heavy atom. The summed E-state index contributed by atoms with van der Waals surface area (Å²) in [7, 11) is -1.62. The zero-order valence-electron chi connectivity index (χ0n) is 20.9. The number of sulfone groups is 1. The van der Waals surface area contributed by atoms with Crippen molar-refractivity contribution in [3.05, 3.63) is 59.7 Å². The van der Waals surface area contributed by atoms with Gasteiger partial charge < -0.3 is 20.1 Å². The topological polar surface area (TPSA) is 130 Å². The molecule has 2 aliphatic rings. The number of amides is 2. The molecule has 4 rings (SSSR count). The van der Waals surface area contributed by atoms with Crippen LogP contribution in [-0.2, 0) is 19.4 Å². The number of nitrogens with zero attached hydrogens (tertiary/aromatic N) is 1. The minimum absolute atomic E-state index is 0.00575. The quantitative estimate of drug-likeness (QED) is 0.539. The van der Waals surface area contributed by atoms with Crippen LogP contribution >= 0.6 is 0 Å². The summed E-state index contributed by atoms with van der Waals surface area (Å²) in [6, 6.07) is 12.4. The van der Waals surface area contributed by atoms with Crippen molar-refractivity contribution < 1.29 is 32.6 Å². The third-order valence-electron chi connectivity index (χ3n) is 7.26. The van der Waals surface area contributed by atoms with Gasteiger partial charge in [-0.05, 0) is 67.0 Å². The number of rotatable bonds is 8. The number of carbonyl (C=O) groups excluding carboxylic acids is 2. The first kappa shape index (κ1) is 26.8. The maximum atomic E-state index is 13.3. The molecular formula is C27H32N2O7S. The number of likely N-dealkylation sites (tertiary alicyclic amines) is 1. The van der Waals surface area contributed by atoms with Crippen LogP contribution in [0.4, 0.5) is 0 Å². The molecule has 1 aliphatic carbocycles. The third-order valence-corrected chi connectivity index (χ3v) is 8.29. The van der Waals surface area contributed by atoms with E-state index < -0.39 is 27.8 Å². The Labute approximate surface area is 216 Å². The number of aromatic carboxylic acids is 1. The molecule has 1 aliphatic heterocycles. The molecule has 1 heterocycles. The first-order chi connectivity index (χ1) is 17.6. The first-order valence-electron chi connectivity index (χ1n) is 12.3. The second-order valence-electron chi connectivity index (χ2n) is 9.90. The number of carbonyl (C=O) groups is 3. The fourth-order valence-corrected chi connectivity index (χ4v) is 6.61. The van der Waals surface area contributed by atoms with Crippen LogP contribution < -0.4 is 5.32 Å². The van der Waals surface area contributed by atoms with E-state index in [-0.39, 0.29) is 35.3 Å². The van der Waals surface area contributed by atoms with Crippen molar-refractivity contribution in [3.8, 4) is 11.1 Å². The van der Waals surface area contributed by atoms with Crippen molar-refractivity contribution in [2.24, 2.45) is 5.92 Å². The van der Waals surface area contributed by atoms with Gasteiger partial charge in [0.15, 0.2) is 0 Å². The van der Waals surface area contributed by atoms with Gasteiger partial charge in [0.05, 0.1) is 17.4 Å². The molecule has 4 atom stereocenters. The maximum absolute atomic E-state index is 13.3. The summed E-state index contributed by atoms with van der Waals surface area (Å²) >= 11 is 0. The summed E-state index contributed by atoms with van der Waals surface area (Å²) < 4.78 is 29.6. The Morgan fingerprint density at radius 2 is 1.70 bits per heavy atom. The van der Waals surface area contributed by atoms with Gasteiger partial charge in [-0.15, -0.1) is 0 Å². The van der Waals surface area contributed by atoms with Crippen LogP contribution in [0.2, 0.25) is 0 Å². The summed E-state index contributed by atoms with van der Waals surface area (Å²) in [4.78, 5) is 39.4. The van der Waals surface area contributed by atoms with Crippen molar-refractivity contribution in [2.75, 3.05) is 25.7 Å². The Balaban J connectivity index is 1.46. The summed E-state index contributed by atoms with van der Waals surface area (Å²) in [6.07, 6.45) is 3.60. The van der Waals surface area contributed by atoms with E-state index >= 15 is 0 Å². The number of nitrogens with one attached hydrogen (secondary N) is 1. The van der Waals surface area contributed by atoms with E-state index in [0.717, 1.165) is 6.42 Å². The van der Waals surface area contributed by atoms with Crippen LogP contribution in [0.3, 0.4) is 0 Å². The Bertz CT molecular complexity index is 1290. The SMILES string of the molecule is CO[C@@H]1CC[C@H](N2CC[C@H](NC(=O)c3cccc(-c4cccc(C(=O)O)c4)c3)C2=O)[C@@H](CS(C)(=O)=O)C1. The highest BCUT2D eigenvalue weighted by Crippen LogP contribution is 2.33. The molecule has 2 amide bonds. The van der Waals surface area contributed by atoms with Gasteiger partial charge in [-0.2, -0.15) is 0 Å². The van der Waals surface area contributed by atoms with Gasteiger partial charge in [-0.1, -0.05) is 24.3 Å². The molecule has 37 heavy (non-hydrogen) atoms. The van der Waals surface area contributed by atoms with Gasteiger partial charge in [0.2, 0.25) is 5.91 Å². The van der Waals surface area contributed by atoms with Crippen molar-refractivity contribution in [1.82, 2.24) is 10.2 Å². The number of methoxy groups -OCH3 is 1. The van der Waals surface area contributed by atoms with Crippen molar-refractivity contribution >= 4 is 27.6 Å². The highest BCUT2D eigenvalue weighted by molar-refractivity contribution is 7.90. The Morgan fingerprint density at radius 3 is 2.32 bits per heavy atom. The lowest BCUT2D eigenvalue weighted by atomic mass is 9.83. The fraction of sp³-hybridized carbons (Fsp3) is 0.444. The lowest BCUT2D eigenvalue weighted by molar-refractivity contribution is -0.133. The number of carboxylic acids is 1. The van der Waals surface area contributed by atoms with Crippen LogP contribution in [0.5, 0.6) is 0 Å². The molecule has 9 nitrogen and oxygen atoms in total. The number of hydrogen-bond donors (Lipinski definition) is 2. The van der Waals surface area contributed by atoms with Gasteiger partial charge >= 0.3 is 5.97 Å². The second-order valence-corrected chi connectivity index (χ2v) is 12.1. The lowest BCUT2D eigenvalue weighted by Crippen LogP contribution is -2.50. The van der Waals surface area contributed by atoms with Gasteiger partial charge in [0.1, 0.15) is 15.9 Å². The molecular weight excluding hydrogens is 496 g/mol. The van der Waals surface area contributed by atoms with E-state index in [1.165, 1.54) is 12.3 Å². The van der Waals surface area contributed by atoms with Gasteiger partial charge in [-0.3, -0.25) is 9.59 Å². The molecule has 2 aromatic carbocycles. The molecule has 0 spiro atoms. The number of hydrogen-bond acceptors (Lipinski definition) is 6. The highest BCUT2D eigenvalue weighted by Gasteiger charge is 2.43. The summed E-state index contributed by atoms with van der Waals surface area (Å²) in [5, 5.41) is 12.1. The van der Waals surface area contributed by atoms with Crippen LogP contribution in [0.25, 0.3) is 11.1 Å². The Hall–Kier alpha value is -3.24. The molecule has 1 saturated carbocycles. The van der Waals surface area contributed by atoms with Crippen LogP contribution in [0.15, 0.2) is 48.5 Å². The van der Waals surface area contributed by atoms with Crippen LogP contribution in [0, 0.1) is 5.92 Å². The van der Waals surface area contributed by atoms with Crippen molar-refractivity contribution in [3.63, 3.8) is 0 Å². The molecule has 10 heteroatoms. The van der Waals surface area contributed by atoms with E-state index in [9.17, 15) is 27.9 Å². The van der Waals surface area contributed by atoms with E-state index in [1.807, 2.05) is 0 Å². The second kappa shape index (κ2) is 11.0. The summed E-state index contributed by atoms with van der Waals surface area (Å²) in [5.41, 5.74) is 1.87. The molecule has 2 N–H and O–H groups in total. The van der Waals surface area contributed by atoms with Gasteiger partial charge in [-0.25, -0.2) is 13.2 Å². The highest BCUT2D eigenvalue weighted by atomic mass is 32.2. The van der Waals surface area contributed by atoms with E-state index in [4.69, 9.17) is 4.74 Å². The largest absolute Gasteiger partial charge is 0.478 e. The summed E-state index contributed by atoms with van der Waals surface area (Å²) in [6.45, 7) is 0.453. The standard InChI is InChI=1S/C27H32N2O7S/c1-36-22-9-10-24(21(15-22)16-37(2,34)35)29-12-11-23(26(29)31)28-25(30)19-7-3-5-17(13-19)18-6-4-8-20(14-18)27(32)33/h3-8,13-14,21-24H,9-12,15-16H2,1-2H3,(H,28,30)(H,32,33)/t21-,22-,23+,24+/m1/s1. The molecule has 0 aromatic heterocycles. The number of carboxylic acid groups (broad SMARTS) is 1. The zero-order valence-corrected chi connectivity index (χ0v) is 21.7. The minimum atomic E-state index is -3.23. The number of ether oxygens (including phenoxy) is 1. The lowest BCUT2D eigenvalue weighted by Gasteiger charge is -2.40. The minimum Gasteiger partial charge on any atom is -0.478 e. The molecule has 1 saturated heterocycles. The average Bonchev–Trinajstić information content (AvgIpc) is 3.22.